The molecule has 2 heteroatoms. The molecule has 0 amide bonds. The molecule has 0 aliphatic carbocycles. The van der Waals surface area contributed by atoms with Crippen LogP contribution in [0.1, 0.15) is 44.5 Å². The third-order valence-electron chi connectivity index (χ3n) is 10.9. The van der Waals surface area contributed by atoms with E-state index in [-0.39, 0.29) is 0 Å². The highest BCUT2D eigenvalue weighted by Crippen LogP contribution is 2.54. The van der Waals surface area contributed by atoms with Gasteiger partial charge < -0.3 is 0 Å². The van der Waals surface area contributed by atoms with Gasteiger partial charge in [0.05, 0.1) is 0 Å². The van der Waals surface area contributed by atoms with Crippen molar-refractivity contribution in [2.75, 3.05) is 0 Å². The second kappa shape index (κ2) is 14.3. The van der Waals surface area contributed by atoms with Crippen LogP contribution in [0.4, 0.5) is 0 Å². The van der Waals surface area contributed by atoms with Gasteiger partial charge in [-0.3, -0.25) is 0 Å². The molecule has 0 unspecified atom stereocenters. The maximum absolute atomic E-state index is 3.85. The van der Waals surface area contributed by atoms with E-state index in [0.717, 1.165) is 33.4 Å². The summed E-state index contributed by atoms with van der Waals surface area (Å²) in [5.41, 5.74) is 10.2. The van der Waals surface area contributed by atoms with Crippen LogP contribution in [0, 0.1) is 23.7 Å². The van der Waals surface area contributed by atoms with Crippen LogP contribution in [0.5, 0.6) is 0 Å². The summed E-state index contributed by atoms with van der Waals surface area (Å²) in [5, 5.41) is 0. The molecule has 0 nitrogen and oxygen atoms in total. The molecule has 0 radical (unpaired) electrons. The highest BCUT2D eigenvalue weighted by Gasteiger charge is 2.43. The summed E-state index contributed by atoms with van der Waals surface area (Å²) in [4.78, 5) is 4.95. The summed E-state index contributed by atoms with van der Waals surface area (Å²) in [6, 6.07) is 73.8. The number of fused-ring (bicyclic) bond motifs is 4. The maximum atomic E-state index is 3.85. The first-order valence-corrected chi connectivity index (χ1v) is 20.5. The van der Waals surface area contributed by atoms with Crippen LogP contribution in [0.3, 0.4) is 0 Å². The normalized spacial score (nSPS) is 13.9. The van der Waals surface area contributed by atoms with E-state index in [1.54, 1.807) is 0 Å². The Bertz CT molecular complexity index is 2560. The Morgan fingerprint density at radius 2 is 0.571 bits per heavy atom. The van der Waals surface area contributed by atoms with E-state index in [0.29, 0.717) is 0 Å². The van der Waals surface area contributed by atoms with Gasteiger partial charge in [-0.15, -0.1) is 0 Å². The van der Waals surface area contributed by atoms with Gasteiger partial charge in [0.15, 0.2) is 0 Å². The molecule has 0 fully saturated rings. The van der Waals surface area contributed by atoms with Crippen LogP contribution >= 0.6 is 23.5 Å². The van der Waals surface area contributed by atoms with E-state index in [9.17, 15) is 0 Å². The maximum Gasteiger partial charge on any atom is 0.109 e. The van der Waals surface area contributed by atoms with Gasteiger partial charge in [-0.1, -0.05) is 205 Å². The second-order valence-corrected chi connectivity index (χ2v) is 16.2. The molecule has 0 aromatic heterocycles. The highest BCUT2D eigenvalue weighted by molar-refractivity contribution is 7.99. The van der Waals surface area contributed by atoms with Crippen LogP contribution in [0.25, 0.3) is 11.1 Å². The smallest absolute Gasteiger partial charge is 0.0894 e. The summed E-state index contributed by atoms with van der Waals surface area (Å²) in [6.07, 6.45) is 0. The molecule has 0 N–H and O–H groups in total. The van der Waals surface area contributed by atoms with Crippen molar-refractivity contribution in [3.8, 4) is 34.8 Å². The molecule has 10 rings (SSSR count). The molecule has 0 saturated carbocycles. The molecule has 0 atom stereocenters. The van der Waals surface area contributed by atoms with Crippen molar-refractivity contribution in [3.63, 3.8) is 0 Å². The lowest BCUT2D eigenvalue weighted by molar-refractivity contribution is 0.757. The lowest BCUT2D eigenvalue weighted by atomic mass is 9.69. The van der Waals surface area contributed by atoms with Crippen molar-refractivity contribution in [1.29, 1.82) is 0 Å². The minimum absolute atomic E-state index is 0.639. The lowest BCUT2D eigenvalue weighted by Crippen LogP contribution is -2.31. The molecule has 8 aromatic carbocycles. The molecule has 0 spiro atoms. The molecule has 56 heavy (non-hydrogen) atoms. The fourth-order valence-corrected chi connectivity index (χ4v) is 10.6. The first-order valence-electron chi connectivity index (χ1n) is 18.8. The summed E-state index contributed by atoms with van der Waals surface area (Å²) in [5.74, 6) is 14.9. The van der Waals surface area contributed by atoms with Crippen molar-refractivity contribution in [3.05, 3.63) is 251 Å². The average molecular weight is 747 g/mol. The Kier molecular flexibility index (Phi) is 8.73. The SMILES string of the molecule is C(#CC1(c2ccc(-c3ccc(C4(C#Cc5ccccc5)c5ccccc5Sc5ccccc54)cc3)cc2)c2ccccc2Sc2ccccc21)c1ccccc1. The molecule has 262 valence electrons. The van der Waals surface area contributed by atoms with Crippen molar-refractivity contribution >= 4 is 23.5 Å². The first-order chi connectivity index (χ1) is 27.7. The molecular formula is C54H34S2. The Labute approximate surface area is 337 Å². The minimum atomic E-state index is -0.639. The largest absolute Gasteiger partial charge is 0.109 e. The van der Waals surface area contributed by atoms with Gasteiger partial charge in [0.25, 0.3) is 0 Å². The Morgan fingerprint density at radius 1 is 0.286 bits per heavy atom. The van der Waals surface area contributed by atoms with Gasteiger partial charge in [0, 0.05) is 30.7 Å². The molecule has 2 heterocycles. The van der Waals surface area contributed by atoms with Gasteiger partial charge in [-0.25, -0.2) is 0 Å². The van der Waals surface area contributed by atoms with Gasteiger partial charge in [0.1, 0.15) is 10.8 Å². The van der Waals surface area contributed by atoms with E-state index in [1.165, 1.54) is 41.8 Å². The van der Waals surface area contributed by atoms with E-state index in [2.05, 4.69) is 218 Å². The van der Waals surface area contributed by atoms with E-state index in [4.69, 9.17) is 0 Å². The van der Waals surface area contributed by atoms with Crippen molar-refractivity contribution in [2.45, 2.75) is 30.4 Å². The van der Waals surface area contributed by atoms with Gasteiger partial charge in [-0.05, 0) is 93.0 Å². The fraction of sp³-hybridized carbons (Fsp3) is 0.0370. The quantitative estimate of drug-likeness (QED) is 0.165. The van der Waals surface area contributed by atoms with Crippen LogP contribution in [0.15, 0.2) is 226 Å². The molecule has 2 aliphatic heterocycles. The molecule has 8 aromatic rings. The molecule has 0 saturated heterocycles. The van der Waals surface area contributed by atoms with Gasteiger partial charge >= 0.3 is 0 Å². The number of benzene rings is 8. The Balaban J connectivity index is 1.09. The zero-order chi connectivity index (χ0) is 37.4. The van der Waals surface area contributed by atoms with Crippen LogP contribution in [-0.2, 0) is 10.8 Å². The topological polar surface area (TPSA) is 0 Å². The van der Waals surface area contributed by atoms with Crippen molar-refractivity contribution < 1.29 is 0 Å². The summed E-state index contributed by atoms with van der Waals surface area (Å²) in [7, 11) is 0. The monoisotopic (exact) mass is 746 g/mol. The number of rotatable bonds is 3. The predicted molar refractivity (Wildman–Crippen MR) is 232 cm³/mol. The molecular weight excluding hydrogens is 713 g/mol. The summed E-state index contributed by atoms with van der Waals surface area (Å²) >= 11 is 3.66. The second-order valence-electron chi connectivity index (χ2n) is 14.1. The lowest BCUT2D eigenvalue weighted by Gasteiger charge is -2.37. The standard InChI is InChI=1S/C54H34S2/c1-3-15-39(16-4-1)35-37-53(45-19-7-11-23-49(45)55-50-24-12-8-20-46(50)53)43-31-27-41(28-32-43)42-29-33-44(34-30-42)54(38-36-40-17-5-2-6-18-40)47-21-9-13-25-51(47)56-52-26-14-10-22-48(52)54/h1-34H. The van der Waals surface area contributed by atoms with Crippen molar-refractivity contribution in [1.82, 2.24) is 0 Å². The highest BCUT2D eigenvalue weighted by atomic mass is 32.2. The molecule has 0 bridgehead atoms. The van der Waals surface area contributed by atoms with E-state index < -0.39 is 10.8 Å². The van der Waals surface area contributed by atoms with E-state index in [1.807, 2.05) is 35.7 Å². The Morgan fingerprint density at radius 3 is 0.893 bits per heavy atom. The van der Waals surface area contributed by atoms with Gasteiger partial charge in [-0.2, -0.15) is 0 Å². The van der Waals surface area contributed by atoms with Crippen LogP contribution in [-0.4, -0.2) is 0 Å². The first kappa shape index (κ1) is 34.1. The fourth-order valence-electron chi connectivity index (χ4n) is 8.22. The summed E-state index contributed by atoms with van der Waals surface area (Å²) < 4.78 is 0. The van der Waals surface area contributed by atoms with Crippen LogP contribution in [0.2, 0.25) is 0 Å². The third kappa shape index (κ3) is 5.79. The van der Waals surface area contributed by atoms with E-state index >= 15 is 0 Å². The van der Waals surface area contributed by atoms with Gasteiger partial charge in [0.2, 0.25) is 0 Å². The Hall–Kier alpha value is -6.42. The minimum Gasteiger partial charge on any atom is -0.0894 e. The number of hydrogen-bond donors (Lipinski definition) is 0. The zero-order valence-electron chi connectivity index (χ0n) is 30.4. The molecule has 2 aliphatic rings. The van der Waals surface area contributed by atoms with Crippen molar-refractivity contribution in [2.24, 2.45) is 0 Å². The number of hydrogen-bond acceptors (Lipinski definition) is 2. The van der Waals surface area contributed by atoms with Crippen LogP contribution < -0.4 is 0 Å². The third-order valence-corrected chi connectivity index (χ3v) is 13.2. The average Bonchev–Trinajstić information content (AvgIpc) is 3.27. The predicted octanol–water partition coefficient (Wildman–Crippen LogP) is 13.1. The zero-order valence-corrected chi connectivity index (χ0v) is 32.1. The summed E-state index contributed by atoms with van der Waals surface area (Å²) in [6.45, 7) is 0.